The number of anilines is 1. The van der Waals surface area contributed by atoms with E-state index in [9.17, 15) is 18.0 Å². The summed E-state index contributed by atoms with van der Waals surface area (Å²) in [6, 6.07) is 5.52. The summed E-state index contributed by atoms with van der Waals surface area (Å²) in [5.41, 5.74) is 5.55. The lowest BCUT2D eigenvalue weighted by Gasteiger charge is -2.11. The number of nitrogens with two attached hydrogens (primary N) is 1. The quantitative estimate of drug-likeness (QED) is 0.517. The smallest absolute Gasteiger partial charge is 0.277 e. The number of benzene rings is 1. The molecule has 0 atom stereocenters. The van der Waals surface area contributed by atoms with Crippen LogP contribution in [-0.4, -0.2) is 62.0 Å². The zero-order valence-electron chi connectivity index (χ0n) is 14.1. The SMILES string of the molecule is CN(C)S(=O)(=O)c1ccc(C(=O)NCCNC(=O)c2nonc2N)cc1. The van der Waals surface area contributed by atoms with Gasteiger partial charge < -0.3 is 16.4 Å². The predicted molar refractivity (Wildman–Crippen MR) is 90.7 cm³/mol. The number of nitrogens with zero attached hydrogens (tertiary/aromatic N) is 3. The van der Waals surface area contributed by atoms with E-state index in [1.54, 1.807) is 0 Å². The van der Waals surface area contributed by atoms with Crippen LogP contribution >= 0.6 is 0 Å². The molecule has 11 nitrogen and oxygen atoms in total. The number of nitrogen functional groups attached to an aromatic ring is 1. The minimum atomic E-state index is -3.55. The zero-order chi connectivity index (χ0) is 19.3. The highest BCUT2D eigenvalue weighted by Crippen LogP contribution is 2.13. The van der Waals surface area contributed by atoms with E-state index in [4.69, 9.17) is 5.73 Å². The van der Waals surface area contributed by atoms with Crippen molar-refractivity contribution in [1.82, 2.24) is 25.3 Å². The number of sulfonamides is 1. The first-order chi connectivity index (χ1) is 12.2. The Morgan fingerprint density at radius 1 is 1.08 bits per heavy atom. The highest BCUT2D eigenvalue weighted by molar-refractivity contribution is 7.89. The highest BCUT2D eigenvalue weighted by atomic mass is 32.2. The van der Waals surface area contributed by atoms with Crippen molar-refractivity contribution in [3.63, 3.8) is 0 Å². The Balaban J connectivity index is 1.85. The van der Waals surface area contributed by atoms with Gasteiger partial charge in [0.2, 0.25) is 21.5 Å². The summed E-state index contributed by atoms with van der Waals surface area (Å²) in [7, 11) is -0.702. The van der Waals surface area contributed by atoms with Crippen LogP contribution < -0.4 is 16.4 Å². The van der Waals surface area contributed by atoms with Gasteiger partial charge in [0.1, 0.15) is 0 Å². The second-order valence-corrected chi connectivity index (χ2v) is 7.47. The van der Waals surface area contributed by atoms with Gasteiger partial charge in [-0.05, 0) is 34.6 Å². The number of rotatable bonds is 7. The van der Waals surface area contributed by atoms with E-state index in [1.807, 2.05) is 0 Å². The van der Waals surface area contributed by atoms with Gasteiger partial charge in [-0.15, -0.1) is 0 Å². The van der Waals surface area contributed by atoms with Crippen molar-refractivity contribution in [1.29, 1.82) is 0 Å². The standard InChI is InChI=1S/C14H18N6O5S/c1-20(2)26(23,24)10-5-3-9(4-6-10)13(21)16-7-8-17-14(22)11-12(15)19-25-18-11/h3-6H,7-8H2,1-2H3,(H2,15,19)(H,16,21)(H,17,22). The van der Waals surface area contributed by atoms with Crippen LogP contribution in [0.1, 0.15) is 20.8 Å². The third-order valence-electron chi connectivity index (χ3n) is 3.32. The van der Waals surface area contributed by atoms with E-state index in [0.717, 1.165) is 4.31 Å². The molecule has 12 heteroatoms. The van der Waals surface area contributed by atoms with Crippen LogP contribution in [0.4, 0.5) is 5.82 Å². The largest absolute Gasteiger partial charge is 0.379 e. The molecule has 140 valence electrons. The Kier molecular flexibility index (Phi) is 5.90. The van der Waals surface area contributed by atoms with Crippen molar-refractivity contribution in [3.8, 4) is 0 Å². The van der Waals surface area contributed by atoms with Crippen molar-refractivity contribution < 1.29 is 22.6 Å². The van der Waals surface area contributed by atoms with Gasteiger partial charge in [-0.1, -0.05) is 0 Å². The summed E-state index contributed by atoms with van der Waals surface area (Å²) in [5, 5.41) is 11.7. The van der Waals surface area contributed by atoms with Gasteiger partial charge in [0.25, 0.3) is 11.8 Å². The fourth-order valence-corrected chi connectivity index (χ4v) is 2.78. The fraction of sp³-hybridized carbons (Fsp3) is 0.286. The van der Waals surface area contributed by atoms with Crippen LogP contribution in [0.2, 0.25) is 0 Å². The Morgan fingerprint density at radius 3 is 2.15 bits per heavy atom. The lowest BCUT2D eigenvalue weighted by molar-refractivity contribution is 0.0922. The molecule has 0 bridgehead atoms. The fourth-order valence-electron chi connectivity index (χ4n) is 1.88. The molecule has 2 rings (SSSR count). The molecule has 0 saturated carbocycles. The summed E-state index contributed by atoms with van der Waals surface area (Å²) in [4.78, 5) is 23.8. The molecule has 0 spiro atoms. The van der Waals surface area contributed by atoms with Crippen LogP contribution in [0.3, 0.4) is 0 Å². The predicted octanol–water partition coefficient (Wildman–Crippen LogP) is -0.938. The first-order valence-electron chi connectivity index (χ1n) is 7.40. The van der Waals surface area contributed by atoms with Crippen molar-refractivity contribution in [2.45, 2.75) is 4.90 Å². The normalized spacial score (nSPS) is 11.3. The first kappa shape index (κ1) is 19.3. The molecular formula is C14H18N6O5S. The Morgan fingerprint density at radius 2 is 1.65 bits per heavy atom. The van der Waals surface area contributed by atoms with Gasteiger partial charge in [0.15, 0.2) is 0 Å². The van der Waals surface area contributed by atoms with Crippen molar-refractivity contribution in [2.24, 2.45) is 0 Å². The third kappa shape index (κ3) is 4.34. The van der Waals surface area contributed by atoms with Gasteiger partial charge in [-0.25, -0.2) is 17.4 Å². The van der Waals surface area contributed by atoms with Crippen molar-refractivity contribution in [2.75, 3.05) is 32.9 Å². The molecule has 2 aromatic rings. The molecule has 0 saturated heterocycles. The van der Waals surface area contributed by atoms with E-state index in [2.05, 4.69) is 25.6 Å². The van der Waals surface area contributed by atoms with Gasteiger partial charge in [-0.3, -0.25) is 9.59 Å². The van der Waals surface area contributed by atoms with Gasteiger partial charge >= 0.3 is 0 Å². The van der Waals surface area contributed by atoms with Crippen LogP contribution in [-0.2, 0) is 10.0 Å². The maximum Gasteiger partial charge on any atom is 0.277 e. The molecule has 1 aromatic carbocycles. The molecule has 2 amide bonds. The van der Waals surface area contributed by atoms with Crippen molar-refractivity contribution >= 4 is 27.7 Å². The van der Waals surface area contributed by atoms with Gasteiger partial charge in [-0.2, -0.15) is 0 Å². The Bertz CT molecular complexity index is 891. The molecule has 0 aliphatic carbocycles. The molecule has 0 unspecified atom stereocenters. The average molecular weight is 382 g/mol. The van der Waals surface area contributed by atoms with Gasteiger partial charge in [0.05, 0.1) is 4.90 Å². The molecule has 4 N–H and O–H groups in total. The van der Waals surface area contributed by atoms with E-state index >= 15 is 0 Å². The van der Waals surface area contributed by atoms with Crippen LogP contribution in [0.25, 0.3) is 0 Å². The summed E-state index contributed by atoms with van der Waals surface area (Å²) in [6.07, 6.45) is 0. The number of amides is 2. The van der Waals surface area contributed by atoms with Crippen LogP contribution in [0.5, 0.6) is 0 Å². The summed E-state index contributed by atoms with van der Waals surface area (Å²) < 4.78 is 29.3. The van der Waals surface area contributed by atoms with Crippen molar-refractivity contribution in [3.05, 3.63) is 35.5 Å². The molecule has 0 aliphatic rings. The summed E-state index contributed by atoms with van der Waals surface area (Å²) >= 11 is 0. The highest BCUT2D eigenvalue weighted by Gasteiger charge is 2.18. The number of carbonyl (C=O) groups excluding carboxylic acids is 2. The van der Waals surface area contributed by atoms with Gasteiger partial charge in [0, 0.05) is 32.7 Å². The molecule has 0 fully saturated rings. The molecule has 0 radical (unpaired) electrons. The number of aromatic nitrogens is 2. The second-order valence-electron chi connectivity index (χ2n) is 5.32. The van der Waals surface area contributed by atoms with E-state index in [0.29, 0.717) is 5.56 Å². The maximum atomic E-state index is 12.0. The molecule has 0 aliphatic heterocycles. The minimum absolute atomic E-state index is 0.0881. The van der Waals surface area contributed by atoms with E-state index in [-0.39, 0.29) is 29.5 Å². The molecular weight excluding hydrogens is 364 g/mol. The number of nitrogens with one attached hydrogen (secondary N) is 2. The summed E-state index contributed by atoms with van der Waals surface area (Å²) in [6.45, 7) is 0.275. The number of carbonyl (C=O) groups is 2. The molecule has 26 heavy (non-hydrogen) atoms. The third-order valence-corrected chi connectivity index (χ3v) is 5.15. The number of hydrogen-bond donors (Lipinski definition) is 3. The lowest BCUT2D eigenvalue weighted by atomic mass is 10.2. The topological polar surface area (TPSA) is 161 Å². The molecule has 1 heterocycles. The molecule has 1 aromatic heterocycles. The first-order valence-corrected chi connectivity index (χ1v) is 8.84. The lowest BCUT2D eigenvalue weighted by Crippen LogP contribution is -2.35. The monoisotopic (exact) mass is 382 g/mol. The van der Waals surface area contributed by atoms with E-state index < -0.39 is 21.8 Å². The van der Waals surface area contributed by atoms with Crippen LogP contribution in [0, 0.1) is 0 Å². The average Bonchev–Trinajstić information content (AvgIpc) is 3.04. The number of hydrogen-bond acceptors (Lipinski definition) is 8. The maximum absolute atomic E-state index is 12.0. The minimum Gasteiger partial charge on any atom is -0.379 e. The second kappa shape index (κ2) is 7.93. The van der Waals surface area contributed by atoms with E-state index in [1.165, 1.54) is 38.4 Å². The zero-order valence-corrected chi connectivity index (χ0v) is 14.9. The van der Waals surface area contributed by atoms with Crippen LogP contribution in [0.15, 0.2) is 33.8 Å². The Labute approximate surface area is 149 Å². The summed E-state index contributed by atoms with van der Waals surface area (Å²) in [5.74, 6) is -1.11. The Hall–Kier alpha value is -2.99.